The molecule has 0 aliphatic carbocycles. The standard InChI is InChI=1S/C10H10BrNO2S3/c11-8-6-10(16-7-8)17(13,14)12-4-3-9-2-1-5-15-9/h1-2,5-7,12H,3-4H2. The summed E-state index contributed by atoms with van der Waals surface area (Å²) in [7, 11) is -3.35. The van der Waals surface area contributed by atoms with Gasteiger partial charge in [-0.1, -0.05) is 6.07 Å². The Morgan fingerprint density at radius 1 is 1.35 bits per heavy atom. The molecule has 0 aliphatic rings. The van der Waals surface area contributed by atoms with Crippen LogP contribution in [0, 0.1) is 0 Å². The Morgan fingerprint density at radius 3 is 2.76 bits per heavy atom. The molecule has 17 heavy (non-hydrogen) atoms. The largest absolute Gasteiger partial charge is 0.250 e. The lowest BCUT2D eigenvalue weighted by atomic mass is 10.3. The van der Waals surface area contributed by atoms with Gasteiger partial charge in [-0.3, -0.25) is 0 Å². The molecule has 0 aliphatic heterocycles. The third kappa shape index (κ3) is 3.62. The average molecular weight is 352 g/mol. The molecule has 2 rings (SSSR count). The molecule has 1 N–H and O–H groups in total. The van der Waals surface area contributed by atoms with Gasteiger partial charge in [-0.25, -0.2) is 13.1 Å². The van der Waals surface area contributed by atoms with Crippen LogP contribution in [0.5, 0.6) is 0 Å². The van der Waals surface area contributed by atoms with Crippen molar-refractivity contribution in [3.05, 3.63) is 38.3 Å². The summed E-state index contributed by atoms with van der Waals surface area (Å²) in [6.45, 7) is 0.429. The first-order valence-corrected chi connectivity index (χ1v) is 8.87. The van der Waals surface area contributed by atoms with E-state index in [1.54, 1.807) is 22.8 Å². The molecule has 2 aromatic rings. The maximum Gasteiger partial charge on any atom is 0.250 e. The van der Waals surface area contributed by atoms with Crippen LogP contribution < -0.4 is 4.72 Å². The highest BCUT2D eigenvalue weighted by Gasteiger charge is 2.15. The molecule has 92 valence electrons. The molecule has 7 heteroatoms. The van der Waals surface area contributed by atoms with Crippen LogP contribution in [0.2, 0.25) is 0 Å². The molecule has 0 aromatic carbocycles. The van der Waals surface area contributed by atoms with Crippen molar-refractivity contribution in [2.45, 2.75) is 10.6 Å². The molecule has 3 nitrogen and oxygen atoms in total. The van der Waals surface area contributed by atoms with Gasteiger partial charge in [0.05, 0.1) is 0 Å². The zero-order valence-corrected chi connectivity index (χ0v) is 12.8. The second-order valence-electron chi connectivity index (χ2n) is 3.31. The van der Waals surface area contributed by atoms with Crippen LogP contribution in [0.25, 0.3) is 0 Å². The van der Waals surface area contributed by atoms with E-state index in [1.807, 2.05) is 17.5 Å². The predicted octanol–water partition coefficient (Wildman–Crippen LogP) is 3.09. The first-order valence-electron chi connectivity index (χ1n) is 4.84. The van der Waals surface area contributed by atoms with Crippen molar-refractivity contribution < 1.29 is 8.42 Å². The Bertz CT molecular complexity index is 574. The molecular formula is C10H10BrNO2S3. The number of hydrogen-bond donors (Lipinski definition) is 1. The lowest BCUT2D eigenvalue weighted by Gasteiger charge is -2.03. The van der Waals surface area contributed by atoms with Gasteiger partial charge in [-0.05, 0) is 39.9 Å². The van der Waals surface area contributed by atoms with E-state index < -0.39 is 10.0 Å². The van der Waals surface area contributed by atoms with E-state index in [2.05, 4.69) is 20.7 Å². The van der Waals surface area contributed by atoms with Crippen molar-refractivity contribution in [3.63, 3.8) is 0 Å². The summed E-state index contributed by atoms with van der Waals surface area (Å²) in [5.74, 6) is 0. The van der Waals surface area contributed by atoms with Crippen molar-refractivity contribution >= 4 is 48.6 Å². The van der Waals surface area contributed by atoms with Gasteiger partial charge < -0.3 is 0 Å². The van der Waals surface area contributed by atoms with Gasteiger partial charge in [0.15, 0.2) is 0 Å². The summed E-state index contributed by atoms with van der Waals surface area (Å²) in [5, 5.41) is 3.74. The van der Waals surface area contributed by atoms with Crippen LogP contribution >= 0.6 is 38.6 Å². The zero-order chi connectivity index (χ0) is 12.3. The van der Waals surface area contributed by atoms with Crippen LogP contribution in [-0.4, -0.2) is 15.0 Å². The van der Waals surface area contributed by atoms with Crippen molar-refractivity contribution in [2.24, 2.45) is 0 Å². The highest BCUT2D eigenvalue weighted by molar-refractivity contribution is 9.10. The van der Waals surface area contributed by atoms with Crippen LogP contribution in [0.1, 0.15) is 4.88 Å². The lowest BCUT2D eigenvalue weighted by Crippen LogP contribution is -2.25. The van der Waals surface area contributed by atoms with E-state index in [-0.39, 0.29) is 0 Å². The number of sulfonamides is 1. The Kier molecular flexibility index (Phi) is 4.37. The highest BCUT2D eigenvalue weighted by Crippen LogP contribution is 2.23. The Morgan fingerprint density at radius 2 is 2.18 bits per heavy atom. The second kappa shape index (κ2) is 5.62. The fraction of sp³-hybridized carbons (Fsp3) is 0.200. The van der Waals surface area contributed by atoms with E-state index in [4.69, 9.17) is 0 Å². The molecule has 0 unspecified atom stereocenters. The molecule has 0 amide bonds. The molecule has 0 atom stereocenters. The van der Waals surface area contributed by atoms with Gasteiger partial charge >= 0.3 is 0 Å². The second-order valence-corrected chi connectivity index (χ2v) is 8.16. The molecule has 2 heterocycles. The summed E-state index contributed by atoms with van der Waals surface area (Å²) in [5.41, 5.74) is 0. The number of rotatable bonds is 5. The number of thiophene rings is 2. The summed E-state index contributed by atoms with van der Waals surface area (Å²) in [6, 6.07) is 5.57. The maximum absolute atomic E-state index is 11.9. The van der Waals surface area contributed by atoms with Crippen LogP contribution in [0.4, 0.5) is 0 Å². The number of halogens is 1. The molecule has 0 spiro atoms. The molecular weight excluding hydrogens is 342 g/mol. The first-order chi connectivity index (χ1) is 8.08. The zero-order valence-electron chi connectivity index (χ0n) is 8.72. The summed E-state index contributed by atoms with van der Waals surface area (Å²) in [4.78, 5) is 1.18. The maximum atomic E-state index is 11.9. The first kappa shape index (κ1) is 13.2. The Balaban J connectivity index is 1.94. The minimum atomic E-state index is -3.35. The predicted molar refractivity (Wildman–Crippen MR) is 75.2 cm³/mol. The van der Waals surface area contributed by atoms with Crippen molar-refractivity contribution in [1.82, 2.24) is 4.72 Å². The smallest absolute Gasteiger partial charge is 0.210 e. The third-order valence-corrected chi connectivity index (χ3v) is 6.65. The van der Waals surface area contributed by atoms with Gasteiger partial charge in [0.1, 0.15) is 4.21 Å². The topological polar surface area (TPSA) is 46.2 Å². The summed E-state index contributed by atoms with van der Waals surface area (Å²) < 4.78 is 27.4. The molecule has 0 fully saturated rings. The normalized spacial score (nSPS) is 11.8. The number of hydrogen-bond acceptors (Lipinski definition) is 4. The Labute approximate surface area is 117 Å². The number of nitrogens with one attached hydrogen (secondary N) is 1. The highest BCUT2D eigenvalue weighted by atomic mass is 79.9. The fourth-order valence-electron chi connectivity index (χ4n) is 1.27. The molecule has 0 radical (unpaired) electrons. The van der Waals surface area contributed by atoms with Gasteiger partial charge in [-0.15, -0.1) is 22.7 Å². The van der Waals surface area contributed by atoms with E-state index >= 15 is 0 Å². The van der Waals surface area contributed by atoms with E-state index in [0.717, 1.165) is 10.9 Å². The monoisotopic (exact) mass is 351 g/mol. The molecule has 0 saturated carbocycles. The SMILES string of the molecule is O=S(=O)(NCCc1cccs1)c1cc(Br)cs1. The van der Waals surface area contributed by atoms with Gasteiger partial charge in [0.2, 0.25) is 10.0 Å². The third-order valence-electron chi connectivity index (χ3n) is 2.05. The van der Waals surface area contributed by atoms with E-state index in [0.29, 0.717) is 10.8 Å². The van der Waals surface area contributed by atoms with Crippen LogP contribution in [0.3, 0.4) is 0 Å². The molecule has 0 bridgehead atoms. The minimum Gasteiger partial charge on any atom is -0.210 e. The average Bonchev–Trinajstić information content (AvgIpc) is 2.89. The van der Waals surface area contributed by atoms with Gasteiger partial charge in [0, 0.05) is 21.3 Å². The van der Waals surface area contributed by atoms with Crippen LogP contribution in [-0.2, 0) is 16.4 Å². The summed E-state index contributed by atoms with van der Waals surface area (Å²) in [6.07, 6.45) is 0.726. The van der Waals surface area contributed by atoms with Gasteiger partial charge in [-0.2, -0.15) is 0 Å². The van der Waals surface area contributed by atoms with Crippen molar-refractivity contribution in [1.29, 1.82) is 0 Å². The van der Waals surface area contributed by atoms with Gasteiger partial charge in [0.25, 0.3) is 0 Å². The fourth-order valence-corrected chi connectivity index (χ4v) is 4.91. The molecule has 2 aromatic heterocycles. The van der Waals surface area contributed by atoms with Crippen molar-refractivity contribution in [2.75, 3.05) is 6.54 Å². The van der Waals surface area contributed by atoms with E-state index in [9.17, 15) is 8.42 Å². The summed E-state index contributed by atoms with van der Waals surface area (Å²) >= 11 is 6.09. The molecule has 0 saturated heterocycles. The van der Waals surface area contributed by atoms with E-state index in [1.165, 1.54) is 16.2 Å². The Hall–Kier alpha value is -0.210. The lowest BCUT2D eigenvalue weighted by molar-refractivity contribution is 0.584. The quantitative estimate of drug-likeness (QED) is 0.899. The minimum absolute atomic E-state index is 0.343. The van der Waals surface area contributed by atoms with Crippen LogP contribution in [0.15, 0.2) is 37.6 Å². The van der Waals surface area contributed by atoms with Crippen molar-refractivity contribution in [3.8, 4) is 0 Å².